The van der Waals surface area contributed by atoms with Gasteiger partial charge in [0.2, 0.25) is 0 Å². The number of aromatic carboxylic acids is 1. The number of hydrogen-bond donors (Lipinski definition) is 1. The molecule has 0 fully saturated rings. The second kappa shape index (κ2) is 4.51. The number of carboxylic acid groups (broad SMARTS) is 1. The molecule has 0 amide bonds. The average Bonchev–Trinajstić information content (AvgIpc) is 2.29. The molecular weight excluding hydrogens is 245 g/mol. The molecular formula is C12H7ClFNO2. The fourth-order valence-electron chi connectivity index (χ4n) is 1.47. The first-order valence-corrected chi connectivity index (χ1v) is 5.10. The fourth-order valence-corrected chi connectivity index (χ4v) is 1.74. The Kier molecular flexibility index (Phi) is 3.06. The fraction of sp³-hybridized carbons (Fsp3) is 0. The van der Waals surface area contributed by atoms with Crippen LogP contribution in [-0.2, 0) is 0 Å². The Hall–Kier alpha value is -1.94. The summed E-state index contributed by atoms with van der Waals surface area (Å²) < 4.78 is 13.6. The highest BCUT2D eigenvalue weighted by Gasteiger charge is 2.12. The van der Waals surface area contributed by atoms with Crippen LogP contribution < -0.4 is 0 Å². The van der Waals surface area contributed by atoms with Crippen molar-refractivity contribution in [3.8, 4) is 11.1 Å². The van der Waals surface area contributed by atoms with Gasteiger partial charge in [-0.05, 0) is 18.2 Å². The van der Waals surface area contributed by atoms with Crippen LogP contribution in [0.2, 0.25) is 5.02 Å². The highest BCUT2D eigenvalue weighted by atomic mass is 35.5. The summed E-state index contributed by atoms with van der Waals surface area (Å²) in [5.41, 5.74) is 0.486. The van der Waals surface area contributed by atoms with Crippen molar-refractivity contribution in [3.63, 3.8) is 0 Å². The Balaban J connectivity index is 2.61. The molecule has 0 radical (unpaired) electrons. The molecule has 2 rings (SSSR count). The lowest BCUT2D eigenvalue weighted by Gasteiger charge is -2.06. The highest BCUT2D eigenvalue weighted by molar-refractivity contribution is 6.33. The largest absolute Gasteiger partial charge is 0.478 e. The lowest BCUT2D eigenvalue weighted by molar-refractivity contribution is 0.0696. The average molecular weight is 252 g/mol. The van der Waals surface area contributed by atoms with E-state index in [0.29, 0.717) is 5.56 Å². The summed E-state index contributed by atoms with van der Waals surface area (Å²) in [6.07, 6.45) is 2.57. The van der Waals surface area contributed by atoms with E-state index in [1.807, 2.05) is 0 Å². The maximum Gasteiger partial charge on any atom is 0.337 e. The lowest BCUT2D eigenvalue weighted by Crippen LogP contribution is -1.98. The van der Waals surface area contributed by atoms with Crippen LogP contribution >= 0.6 is 11.6 Å². The van der Waals surface area contributed by atoms with Gasteiger partial charge in [-0.3, -0.25) is 4.98 Å². The van der Waals surface area contributed by atoms with Crippen molar-refractivity contribution in [1.82, 2.24) is 4.98 Å². The summed E-state index contributed by atoms with van der Waals surface area (Å²) in [4.78, 5) is 14.5. The molecule has 0 aliphatic carbocycles. The number of pyridine rings is 1. The van der Waals surface area contributed by atoms with Gasteiger partial charge < -0.3 is 5.11 Å². The minimum atomic E-state index is -1.12. The van der Waals surface area contributed by atoms with Gasteiger partial charge in [-0.2, -0.15) is 0 Å². The molecule has 1 N–H and O–H groups in total. The molecule has 0 saturated carbocycles. The van der Waals surface area contributed by atoms with E-state index in [1.165, 1.54) is 36.7 Å². The predicted octanol–water partition coefficient (Wildman–Crippen LogP) is 3.24. The molecule has 86 valence electrons. The second-order valence-electron chi connectivity index (χ2n) is 3.36. The van der Waals surface area contributed by atoms with Crippen LogP contribution in [0.25, 0.3) is 11.1 Å². The van der Waals surface area contributed by atoms with Crippen LogP contribution in [0.15, 0.2) is 36.7 Å². The van der Waals surface area contributed by atoms with Crippen molar-refractivity contribution in [3.05, 3.63) is 53.1 Å². The van der Waals surface area contributed by atoms with E-state index >= 15 is 0 Å². The SMILES string of the molecule is O=C(O)c1cncc(-c2c(F)cccc2Cl)c1. The molecule has 17 heavy (non-hydrogen) atoms. The van der Waals surface area contributed by atoms with E-state index in [-0.39, 0.29) is 16.1 Å². The molecule has 1 heterocycles. The number of rotatable bonds is 2. The van der Waals surface area contributed by atoms with E-state index in [1.54, 1.807) is 0 Å². The van der Waals surface area contributed by atoms with Gasteiger partial charge in [0.1, 0.15) is 5.82 Å². The van der Waals surface area contributed by atoms with E-state index in [9.17, 15) is 9.18 Å². The number of aromatic nitrogens is 1. The lowest BCUT2D eigenvalue weighted by atomic mass is 10.1. The third-order valence-electron chi connectivity index (χ3n) is 2.24. The van der Waals surface area contributed by atoms with Gasteiger partial charge >= 0.3 is 5.97 Å². The zero-order chi connectivity index (χ0) is 12.4. The number of carboxylic acids is 1. The Morgan fingerprint density at radius 3 is 2.76 bits per heavy atom. The predicted molar refractivity (Wildman–Crippen MR) is 61.6 cm³/mol. The molecule has 0 aliphatic heterocycles. The third kappa shape index (κ3) is 2.26. The van der Waals surface area contributed by atoms with Crippen molar-refractivity contribution in [2.45, 2.75) is 0 Å². The Morgan fingerprint density at radius 2 is 2.12 bits per heavy atom. The first-order chi connectivity index (χ1) is 8.09. The highest BCUT2D eigenvalue weighted by Crippen LogP contribution is 2.30. The molecule has 0 bridgehead atoms. The van der Waals surface area contributed by atoms with Gasteiger partial charge in [-0.1, -0.05) is 17.7 Å². The summed E-state index contributed by atoms with van der Waals surface area (Å²) in [6, 6.07) is 5.61. The maximum absolute atomic E-state index is 13.6. The van der Waals surface area contributed by atoms with Crippen molar-refractivity contribution < 1.29 is 14.3 Å². The Bertz CT molecular complexity index is 566. The van der Waals surface area contributed by atoms with Crippen LogP contribution in [0.4, 0.5) is 4.39 Å². The Labute approximate surface area is 101 Å². The van der Waals surface area contributed by atoms with Crippen LogP contribution in [0, 0.1) is 5.82 Å². The van der Waals surface area contributed by atoms with Crippen LogP contribution in [0.3, 0.4) is 0 Å². The van der Waals surface area contributed by atoms with E-state index in [0.717, 1.165) is 0 Å². The van der Waals surface area contributed by atoms with Crippen molar-refractivity contribution in [2.24, 2.45) is 0 Å². The molecule has 2 aromatic rings. The van der Waals surface area contributed by atoms with Crippen LogP contribution in [0.1, 0.15) is 10.4 Å². The van der Waals surface area contributed by atoms with Crippen molar-refractivity contribution >= 4 is 17.6 Å². The monoisotopic (exact) mass is 251 g/mol. The number of carbonyl (C=O) groups is 1. The van der Waals surface area contributed by atoms with Crippen LogP contribution in [0.5, 0.6) is 0 Å². The minimum absolute atomic E-state index is 0.0122. The summed E-state index contributed by atoms with van der Waals surface area (Å²) in [5.74, 6) is -1.63. The number of nitrogens with zero attached hydrogens (tertiary/aromatic N) is 1. The molecule has 0 saturated heterocycles. The molecule has 0 aliphatic rings. The summed E-state index contributed by atoms with van der Waals surface area (Å²) in [6.45, 7) is 0. The standard InChI is InChI=1S/C12H7ClFNO2/c13-9-2-1-3-10(14)11(9)7-4-8(12(16)17)6-15-5-7/h1-6H,(H,16,17). The van der Waals surface area contributed by atoms with Gasteiger partial charge in [0.25, 0.3) is 0 Å². The minimum Gasteiger partial charge on any atom is -0.478 e. The summed E-state index contributed by atoms with van der Waals surface area (Å²) >= 11 is 5.88. The first-order valence-electron chi connectivity index (χ1n) is 4.72. The van der Waals surface area contributed by atoms with E-state index in [4.69, 9.17) is 16.7 Å². The first kappa shape index (κ1) is 11.5. The molecule has 5 heteroatoms. The third-order valence-corrected chi connectivity index (χ3v) is 2.55. The van der Waals surface area contributed by atoms with E-state index < -0.39 is 11.8 Å². The second-order valence-corrected chi connectivity index (χ2v) is 3.77. The number of benzene rings is 1. The van der Waals surface area contributed by atoms with Crippen molar-refractivity contribution in [1.29, 1.82) is 0 Å². The topological polar surface area (TPSA) is 50.2 Å². The van der Waals surface area contributed by atoms with Gasteiger partial charge in [0.15, 0.2) is 0 Å². The maximum atomic E-state index is 13.6. The zero-order valence-corrected chi connectivity index (χ0v) is 9.28. The molecule has 3 nitrogen and oxygen atoms in total. The molecule has 0 unspecified atom stereocenters. The van der Waals surface area contributed by atoms with Gasteiger partial charge in [-0.25, -0.2) is 9.18 Å². The summed E-state index contributed by atoms with van der Waals surface area (Å²) in [5, 5.41) is 9.05. The van der Waals surface area contributed by atoms with Crippen LogP contribution in [-0.4, -0.2) is 16.1 Å². The smallest absolute Gasteiger partial charge is 0.337 e. The summed E-state index contributed by atoms with van der Waals surface area (Å²) in [7, 11) is 0. The van der Waals surface area contributed by atoms with Crippen molar-refractivity contribution in [2.75, 3.05) is 0 Å². The number of hydrogen-bond acceptors (Lipinski definition) is 2. The van der Waals surface area contributed by atoms with Gasteiger partial charge in [-0.15, -0.1) is 0 Å². The Morgan fingerprint density at radius 1 is 1.35 bits per heavy atom. The molecule has 0 atom stereocenters. The molecule has 1 aromatic heterocycles. The quantitative estimate of drug-likeness (QED) is 0.891. The zero-order valence-electron chi connectivity index (χ0n) is 8.52. The normalized spacial score (nSPS) is 10.2. The van der Waals surface area contributed by atoms with Gasteiger partial charge in [0, 0.05) is 23.5 Å². The molecule has 0 spiro atoms. The van der Waals surface area contributed by atoms with Gasteiger partial charge in [0.05, 0.1) is 10.6 Å². The molecule has 1 aromatic carbocycles. The van der Waals surface area contributed by atoms with E-state index in [2.05, 4.69) is 4.98 Å². The number of halogens is 2.